The smallest absolute Gasteiger partial charge is 0.236 e. The van der Waals surface area contributed by atoms with E-state index in [1.165, 1.54) is 0 Å². The van der Waals surface area contributed by atoms with Crippen molar-refractivity contribution >= 4 is 11.6 Å². The topological polar surface area (TPSA) is 9.23 Å². The van der Waals surface area contributed by atoms with Crippen molar-refractivity contribution in [2.75, 3.05) is 6.61 Å². The highest BCUT2D eigenvalue weighted by molar-refractivity contribution is 6.22. The molecule has 0 saturated carbocycles. The Balaban J connectivity index is 2.68. The fourth-order valence-corrected chi connectivity index (χ4v) is 0.261. The molecule has 0 spiro atoms. The summed E-state index contributed by atoms with van der Waals surface area (Å²) >= 11 is 4.97. The van der Waals surface area contributed by atoms with Crippen molar-refractivity contribution in [2.24, 2.45) is 5.92 Å². The van der Waals surface area contributed by atoms with Gasteiger partial charge in [-0.05, 0) is 5.92 Å². The van der Waals surface area contributed by atoms with E-state index < -0.39 is 0 Å². The summed E-state index contributed by atoms with van der Waals surface area (Å²) in [5, 5.41) is 0. The van der Waals surface area contributed by atoms with Crippen molar-refractivity contribution in [1.82, 2.24) is 0 Å². The Morgan fingerprint density at radius 3 is 2.43 bits per heavy atom. The van der Waals surface area contributed by atoms with Crippen LogP contribution >= 0.6 is 11.6 Å². The first kappa shape index (κ1) is 7.25. The van der Waals surface area contributed by atoms with Gasteiger partial charge in [-0.1, -0.05) is 25.4 Å². The van der Waals surface area contributed by atoms with E-state index in [0.717, 1.165) is 0 Å². The maximum atomic E-state index is 4.97. The van der Waals surface area contributed by atoms with Crippen LogP contribution in [0.2, 0.25) is 0 Å². The Hall–Kier alpha value is 0.250. The first-order chi connectivity index (χ1) is 3.27. The van der Waals surface area contributed by atoms with Crippen LogP contribution < -0.4 is 0 Å². The molecule has 2 radical (unpaired) electrons. The van der Waals surface area contributed by atoms with Crippen molar-refractivity contribution in [3.05, 3.63) is 6.07 Å². The molecule has 2 heteroatoms. The molecule has 0 N–H and O–H groups in total. The van der Waals surface area contributed by atoms with E-state index in [4.69, 9.17) is 11.6 Å². The lowest BCUT2D eigenvalue weighted by Gasteiger charge is -1.99. The lowest BCUT2D eigenvalue weighted by molar-refractivity contribution is 0.192. The van der Waals surface area contributed by atoms with Gasteiger partial charge in [0.05, 0.1) is 6.61 Å². The average molecular weight is 121 g/mol. The fraction of sp³-hybridized carbons (Fsp3) is 0.800. The first-order valence-corrected chi connectivity index (χ1v) is 2.62. The molecule has 0 rings (SSSR count). The summed E-state index contributed by atoms with van der Waals surface area (Å²) in [6, 6.07) is 2.07. The number of ether oxygens (including phenoxy) is 1. The molecular weight excluding hydrogens is 112 g/mol. The van der Waals surface area contributed by atoms with Crippen LogP contribution in [0.3, 0.4) is 0 Å². The highest BCUT2D eigenvalue weighted by Gasteiger charge is 1.90. The molecule has 0 aromatic carbocycles. The third-order valence-corrected chi connectivity index (χ3v) is 0.580. The molecule has 0 aromatic rings. The standard InChI is InChI=1S/C5H9ClO/c1-5(2)3-7-4-6/h5H,3H2,1-2H3. The molecule has 0 aliphatic heterocycles. The largest absolute Gasteiger partial charge is 0.351 e. The van der Waals surface area contributed by atoms with E-state index in [-0.39, 0.29) is 0 Å². The zero-order valence-electron chi connectivity index (χ0n) is 4.57. The maximum absolute atomic E-state index is 4.97. The molecule has 1 nitrogen and oxygen atoms in total. The Kier molecular flexibility index (Phi) is 4.57. The number of hydrogen-bond acceptors (Lipinski definition) is 1. The van der Waals surface area contributed by atoms with Gasteiger partial charge < -0.3 is 4.74 Å². The molecule has 0 aromatic heterocycles. The van der Waals surface area contributed by atoms with E-state index in [9.17, 15) is 0 Å². The van der Waals surface area contributed by atoms with E-state index in [2.05, 4.69) is 10.8 Å². The molecule has 0 aliphatic carbocycles. The molecule has 7 heavy (non-hydrogen) atoms. The zero-order chi connectivity index (χ0) is 5.70. The molecule has 0 amide bonds. The number of halogens is 1. The zero-order valence-corrected chi connectivity index (χ0v) is 5.33. The summed E-state index contributed by atoms with van der Waals surface area (Å²) in [6.45, 7) is 4.76. The van der Waals surface area contributed by atoms with Crippen molar-refractivity contribution in [1.29, 1.82) is 0 Å². The Morgan fingerprint density at radius 1 is 1.71 bits per heavy atom. The van der Waals surface area contributed by atoms with Crippen LogP contribution in [0.25, 0.3) is 0 Å². The summed E-state index contributed by atoms with van der Waals surface area (Å²) < 4.78 is 4.61. The van der Waals surface area contributed by atoms with Crippen LogP contribution in [0.15, 0.2) is 0 Å². The maximum Gasteiger partial charge on any atom is 0.236 e. The number of hydrogen-bond donors (Lipinski definition) is 0. The minimum absolute atomic E-state index is 0.534. The average Bonchev–Trinajstić information content (AvgIpc) is 1.61. The molecule has 0 bridgehead atoms. The summed E-state index contributed by atoms with van der Waals surface area (Å²) in [7, 11) is 0. The van der Waals surface area contributed by atoms with Crippen LogP contribution in [0, 0.1) is 12.0 Å². The quantitative estimate of drug-likeness (QED) is 0.553. The van der Waals surface area contributed by atoms with E-state index >= 15 is 0 Å². The second kappa shape index (κ2) is 4.41. The molecule has 0 aliphatic rings. The molecular formula is C5H9ClO. The summed E-state index contributed by atoms with van der Waals surface area (Å²) in [5.74, 6) is 0.534. The van der Waals surface area contributed by atoms with Crippen LogP contribution in [0.1, 0.15) is 13.8 Å². The van der Waals surface area contributed by atoms with Crippen LogP contribution in [0.4, 0.5) is 0 Å². The van der Waals surface area contributed by atoms with Crippen LogP contribution in [-0.2, 0) is 4.74 Å². The third-order valence-electron chi connectivity index (χ3n) is 0.471. The molecule has 0 unspecified atom stereocenters. The van der Waals surface area contributed by atoms with Crippen molar-refractivity contribution in [3.8, 4) is 0 Å². The Labute approximate surface area is 49.6 Å². The van der Waals surface area contributed by atoms with Gasteiger partial charge in [0.2, 0.25) is 6.07 Å². The summed E-state index contributed by atoms with van der Waals surface area (Å²) in [6.07, 6.45) is 0. The number of rotatable bonds is 3. The molecule has 42 valence electrons. The predicted molar refractivity (Wildman–Crippen MR) is 29.9 cm³/mol. The molecule has 0 atom stereocenters. The van der Waals surface area contributed by atoms with E-state index in [1.807, 2.05) is 13.8 Å². The summed E-state index contributed by atoms with van der Waals surface area (Å²) in [4.78, 5) is 0. The summed E-state index contributed by atoms with van der Waals surface area (Å²) in [5.41, 5.74) is 0. The van der Waals surface area contributed by atoms with Gasteiger partial charge in [0.15, 0.2) is 0 Å². The van der Waals surface area contributed by atoms with Gasteiger partial charge in [0.1, 0.15) is 0 Å². The third kappa shape index (κ3) is 6.25. The van der Waals surface area contributed by atoms with Crippen molar-refractivity contribution < 1.29 is 4.74 Å². The highest BCUT2D eigenvalue weighted by atomic mass is 35.5. The van der Waals surface area contributed by atoms with Gasteiger partial charge in [-0.3, -0.25) is 0 Å². The highest BCUT2D eigenvalue weighted by Crippen LogP contribution is 1.94. The monoisotopic (exact) mass is 120 g/mol. The SMILES string of the molecule is CC(C)CO[C]Cl. The predicted octanol–water partition coefficient (Wildman–Crippen LogP) is 1.89. The molecule has 0 heterocycles. The van der Waals surface area contributed by atoms with Gasteiger partial charge >= 0.3 is 0 Å². The molecule has 0 fully saturated rings. The van der Waals surface area contributed by atoms with Gasteiger partial charge in [0, 0.05) is 0 Å². The first-order valence-electron chi connectivity index (χ1n) is 2.24. The van der Waals surface area contributed by atoms with Crippen molar-refractivity contribution in [3.63, 3.8) is 0 Å². The second-order valence-corrected chi connectivity index (χ2v) is 1.94. The van der Waals surface area contributed by atoms with Crippen molar-refractivity contribution in [2.45, 2.75) is 13.8 Å². The van der Waals surface area contributed by atoms with Gasteiger partial charge in [0.25, 0.3) is 0 Å². The Morgan fingerprint density at radius 2 is 2.29 bits per heavy atom. The van der Waals surface area contributed by atoms with Crippen LogP contribution in [0.5, 0.6) is 0 Å². The lowest BCUT2D eigenvalue weighted by atomic mass is 10.2. The lowest BCUT2D eigenvalue weighted by Crippen LogP contribution is -1.96. The Bertz CT molecular complexity index is 37.1. The fourth-order valence-electron chi connectivity index (χ4n) is 0.198. The van der Waals surface area contributed by atoms with Gasteiger partial charge in [-0.2, -0.15) is 0 Å². The second-order valence-electron chi connectivity index (χ2n) is 1.78. The molecule has 0 saturated heterocycles. The van der Waals surface area contributed by atoms with Crippen LogP contribution in [-0.4, -0.2) is 6.61 Å². The van der Waals surface area contributed by atoms with Gasteiger partial charge in [-0.25, -0.2) is 0 Å². The minimum Gasteiger partial charge on any atom is -0.351 e. The minimum atomic E-state index is 0.534. The van der Waals surface area contributed by atoms with E-state index in [0.29, 0.717) is 12.5 Å². The van der Waals surface area contributed by atoms with E-state index in [1.54, 1.807) is 0 Å². The van der Waals surface area contributed by atoms with Gasteiger partial charge in [-0.15, -0.1) is 0 Å². The normalized spacial score (nSPS) is 10.3.